The maximum atomic E-state index is 12.2. The van der Waals surface area contributed by atoms with Crippen LogP contribution in [0.5, 0.6) is 0 Å². The van der Waals surface area contributed by atoms with Gasteiger partial charge in [-0.1, -0.05) is 30.3 Å². The Bertz CT molecular complexity index is 576. The molecule has 1 aliphatic carbocycles. The average molecular weight is 358 g/mol. The lowest BCUT2D eigenvalue weighted by Gasteiger charge is -2.45. The van der Waals surface area contributed by atoms with Gasteiger partial charge in [-0.15, -0.1) is 0 Å². The lowest BCUT2D eigenvalue weighted by molar-refractivity contribution is 0.0150. The van der Waals surface area contributed by atoms with E-state index in [-0.39, 0.29) is 6.09 Å². The first-order chi connectivity index (χ1) is 12.4. The summed E-state index contributed by atoms with van der Waals surface area (Å²) in [6.07, 6.45) is 8.15. The minimum Gasteiger partial charge on any atom is -0.444 e. The second-order valence-electron chi connectivity index (χ2n) is 8.88. The summed E-state index contributed by atoms with van der Waals surface area (Å²) in [6, 6.07) is 11.2. The molecule has 4 nitrogen and oxygen atoms in total. The van der Waals surface area contributed by atoms with Crippen LogP contribution < -0.4 is 5.32 Å². The molecule has 0 bridgehead atoms. The van der Waals surface area contributed by atoms with Crippen LogP contribution in [-0.4, -0.2) is 35.7 Å². The molecule has 1 saturated carbocycles. The minimum absolute atomic E-state index is 0.179. The second kappa shape index (κ2) is 7.99. The highest BCUT2D eigenvalue weighted by Gasteiger charge is 2.39. The molecule has 1 N–H and O–H groups in total. The number of hydrogen-bond acceptors (Lipinski definition) is 3. The van der Waals surface area contributed by atoms with Crippen LogP contribution in [0.25, 0.3) is 0 Å². The molecule has 2 aliphatic rings. The molecular weight excluding hydrogens is 324 g/mol. The van der Waals surface area contributed by atoms with Gasteiger partial charge in [-0.3, -0.25) is 0 Å². The number of nitrogens with zero attached hydrogens (tertiary/aromatic N) is 1. The summed E-state index contributed by atoms with van der Waals surface area (Å²) >= 11 is 0. The number of piperidine rings is 1. The van der Waals surface area contributed by atoms with Crippen molar-refractivity contribution in [3.05, 3.63) is 42.3 Å². The molecule has 0 unspecified atom stereocenters. The zero-order valence-corrected chi connectivity index (χ0v) is 16.5. The van der Waals surface area contributed by atoms with E-state index >= 15 is 0 Å². The van der Waals surface area contributed by atoms with Crippen molar-refractivity contribution < 1.29 is 9.53 Å². The van der Waals surface area contributed by atoms with Gasteiger partial charge < -0.3 is 15.0 Å². The van der Waals surface area contributed by atoms with Gasteiger partial charge in [0.05, 0.1) is 0 Å². The zero-order valence-electron chi connectivity index (χ0n) is 16.5. The molecule has 1 aromatic carbocycles. The molecule has 1 radical (unpaired) electrons. The Hall–Kier alpha value is -1.55. The summed E-state index contributed by atoms with van der Waals surface area (Å²) in [4.78, 5) is 14.1. The summed E-state index contributed by atoms with van der Waals surface area (Å²) < 4.78 is 5.50. The number of benzene rings is 1. The van der Waals surface area contributed by atoms with Crippen LogP contribution in [0.3, 0.4) is 0 Å². The van der Waals surface area contributed by atoms with Gasteiger partial charge >= 0.3 is 6.09 Å². The number of carbonyl (C=O) groups is 1. The number of hydrogen-bond donors (Lipinski definition) is 1. The third kappa shape index (κ3) is 5.23. The Morgan fingerprint density at radius 1 is 1.19 bits per heavy atom. The van der Waals surface area contributed by atoms with Crippen LogP contribution in [0, 0.1) is 11.8 Å². The smallest absolute Gasteiger partial charge is 0.410 e. The lowest BCUT2D eigenvalue weighted by Crippen LogP contribution is -2.48. The van der Waals surface area contributed by atoms with Crippen LogP contribution in [0.15, 0.2) is 30.3 Å². The van der Waals surface area contributed by atoms with E-state index in [4.69, 9.17) is 4.74 Å². The largest absolute Gasteiger partial charge is 0.444 e. The number of likely N-dealkylation sites (tertiary alicyclic amines) is 1. The second-order valence-corrected chi connectivity index (χ2v) is 8.88. The molecule has 1 aromatic rings. The zero-order chi connectivity index (χ0) is 18.6. The van der Waals surface area contributed by atoms with E-state index in [0.29, 0.717) is 11.5 Å². The van der Waals surface area contributed by atoms with Crippen molar-refractivity contribution in [3.8, 4) is 0 Å². The summed E-state index contributed by atoms with van der Waals surface area (Å²) in [5.74, 6) is 0. The fraction of sp³-hybridized carbons (Fsp3) is 0.636. The molecule has 1 saturated heterocycles. The summed E-state index contributed by atoms with van der Waals surface area (Å²) in [5, 5.41) is 3.71. The molecular formula is C22H33N2O2. The molecule has 1 amide bonds. The number of rotatable bonds is 3. The topological polar surface area (TPSA) is 41.6 Å². The van der Waals surface area contributed by atoms with Crippen molar-refractivity contribution in [2.24, 2.45) is 5.41 Å². The third-order valence-electron chi connectivity index (χ3n) is 5.70. The Labute approximate surface area is 158 Å². The Kier molecular flexibility index (Phi) is 5.91. The monoisotopic (exact) mass is 357 g/mol. The Balaban J connectivity index is 1.41. The number of nitrogens with one attached hydrogen (secondary N) is 1. The summed E-state index contributed by atoms with van der Waals surface area (Å²) in [7, 11) is 0. The quantitative estimate of drug-likeness (QED) is 0.863. The first kappa shape index (κ1) is 19.2. The molecule has 1 spiro atoms. The van der Waals surface area contributed by atoms with E-state index in [0.717, 1.165) is 26.1 Å². The van der Waals surface area contributed by atoms with Gasteiger partial charge in [-0.05, 0) is 70.3 Å². The summed E-state index contributed by atoms with van der Waals surface area (Å²) in [6.45, 7) is 8.25. The molecule has 26 heavy (non-hydrogen) atoms. The maximum Gasteiger partial charge on any atom is 0.410 e. The van der Waals surface area contributed by atoms with Crippen molar-refractivity contribution >= 4 is 6.09 Å². The average Bonchev–Trinajstić information content (AvgIpc) is 2.61. The van der Waals surface area contributed by atoms with Crippen LogP contribution >= 0.6 is 0 Å². The van der Waals surface area contributed by atoms with E-state index in [9.17, 15) is 4.79 Å². The van der Waals surface area contributed by atoms with Gasteiger partial charge in [0.2, 0.25) is 0 Å². The van der Waals surface area contributed by atoms with Crippen molar-refractivity contribution in [2.75, 3.05) is 13.1 Å². The lowest BCUT2D eigenvalue weighted by atomic mass is 9.67. The van der Waals surface area contributed by atoms with Gasteiger partial charge in [-0.25, -0.2) is 4.79 Å². The normalized spacial score (nSPS) is 21.0. The first-order valence-electron chi connectivity index (χ1n) is 9.95. The summed E-state index contributed by atoms with van der Waals surface area (Å²) in [5.41, 5.74) is 1.25. The van der Waals surface area contributed by atoms with Gasteiger partial charge in [0.15, 0.2) is 0 Å². The molecule has 1 heterocycles. The highest BCUT2D eigenvalue weighted by molar-refractivity contribution is 5.68. The van der Waals surface area contributed by atoms with E-state index in [2.05, 4.69) is 42.1 Å². The molecule has 0 atom stereocenters. The van der Waals surface area contributed by atoms with E-state index in [1.807, 2.05) is 25.7 Å². The SMILES string of the molecule is CC(C)(C)OC(=O)N1C[CH]C2(CCC(NCc3ccccc3)CC2)CC1. The van der Waals surface area contributed by atoms with Crippen LogP contribution in [0.2, 0.25) is 0 Å². The van der Waals surface area contributed by atoms with Gasteiger partial charge in [0.1, 0.15) is 5.60 Å². The highest BCUT2D eigenvalue weighted by Crippen LogP contribution is 2.44. The molecule has 3 rings (SSSR count). The van der Waals surface area contributed by atoms with Gasteiger partial charge in [0.25, 0.3) is 0 Å². The molecule has 2 fully saturated rings. The number of amides is 1. The van der Waals surface area contributed by atoms with Crippen molar-refractivity contribution in [2.45, 2.75) is 71.1 Å². The standard InChI is InChI=1S/C22H33N2O2/c1-21(2,3)26-20(25)24-15-13-22(14-16-24)11-9-19(10-12-22)23-17-18-7-5-4-6-8-18/h4-8,13,19,23H,9-12,14-17H2,1-3H3. The van der Waals surface area contributed by atoms with Crippen LogP contribution in [-0.2, 0) is 11.3 Å². The van der Waals surface area contributed by atoms with E-state index < -0.39 is 5.60 Å². The number of ether oxygens (including phenoxy) is 1. The molecule has 1 aliphatic heterocycles. The minimum atomic E-state index is -0.422. The van der Waals surface area contributed by atoms with Crippen molar-refractivity contribution in [3.63, 3.8) is 0 Å². The van der Waals surface area contributed by atoms with Crippen molar-refractivity contribution in [1.82, 2.24) is 10.2 Å². The number of carbonyl (C=O) groups excluding carboxylic acids is 1. The predicted octanol–water partition coefficient (Wildman–Crippen LogP) is 4.55. The molecule has 143 valence electrons. The van der Waals surface area contributed by atoms with E-state index in [1.165, 1.54) is 31.2 Å². The maximum absolute atomic E-state index is 12.2. The fourth-order valence-electron chi connectivity index (χ4n) is 4.06. The molecule has 4 heteroatoms. The van der Waals surface area contributed by atoms with Crippen LogP contribution in [0.4, 0.5) is 4.79 Å². The van der Waals surface area contributed by atoms with Gasteiger partial charge in [0, 0.05) is 25.7 Å². The van der Waals surface area contributed by atoms with E-state index in [1.54, 1.807) is 0 Å². The Morgan fingerprint density at radius 3 is 2.46 bits per heavy atom. The Morgan fingerprint density at radius 2 is 1.88 bits per heavy atom. The molecule has 0 aromatic heterocycles. The van der Waals surface area contributed by atoms with Crippen LogP contribution in [0.1, 0.15) is 58.4 Å². The predicted molar refractivity (Wildman–Crippen MR) is 105 cm³/mol. The fourth-order valence-corrected chi connectivity index (χ4v) is 4.06. The third-order valence-corrected chi connectivity index (χ3v) is 5.70. The van der Waals surface area contributed by atoms with Gasteiger partial charge in [-0.2, -0.15) is 0 Å². The highest BCUT2D eigenvalue weighted by atomic mass is 16.6. The van der Waals surface area contributed by atoms with Crippen molar-refractivity contribution in [1.29, 1.82) is 0 Å². The first-order valence-corrected chi connectivity index (χ1v) is 9.95.